The van der Waals surface area contributed by atoms with Crippen LogP contribution in [-0.2, 0) is 23.9 Å². The molecular formula is C32H26F3N7O2. The van der Waals surface area contributed by atoms with Gasteiger partial charge in [-0.1, -0.05) is 48.5 Å². The molecule has 0 fully saturated rings. The first kappa shape index (κ1) is 29.9. The van der Waals surface area contributed by atoms with Crippen molar-refractivity contribution in [2.45, 2.75) is 38.6 Å². The summed E-state index contributed by atoms with van der Waals surface area (Å²) < 4.78 is 47.6. The summed E-state index contributed by atoms with van der Waals surface area (Å²) in [6.45, 7) is 2.06. The lowest BCUT2D eigenvalue weighted by atomic mass is 9.95. The Morgan fingerprint density at radius 1 is 1.02 bits per heavy atom. The van der Waals surface area contributed by atoms with Crippen LogP contribution >= 0.6 is 0 Å². The van der Waals surface area contributed by atoms with E-state index in [1.54, 1.807) is 31.2 Å². The summed E-state index contributed by atoms with van der Waals surface area (Å²) in [5, 5.41) is 26.8. The number of halogens is 3. The van der Waals surface area contributed by atoms with E-state index in [0.29, 0.717) is 35.5 Å². The minimum absolute atomic E-state index is 0.137. The molecule has 1 atom stereocenters. The topological polar surface area (TPSA) is 120 Å². The van der Waals surface area contributed by atoms with Crippen LogP contribution in [0.5, 0.6) is 0 Å². The first-order valence-corrected chi connectivity index (χ1v) is 13.7. The third-order valence-electron chi connectivity index (χ3n) is 7.07. The Labute approximate surface area is 251 Å². The van der Waals surface area contributed by atoms with E-state index in [2.05, 4.69) is 27.5 Å². The number of ether oxygens (including phenoxy) is 1. The Hall–Kier alpha value is -5.62. The number of alkyl carbamates (subject to hydrolysis) is 1. The number of hydrogen-bond acceptors (Lipinski definition) is 7. The number of rotatable bonds is 8. The molecular weight excluding hydrogens is 571 g/mol. The van der Waals surface area contributed by atoms with Gasteiger partial charge in [-0.05, 0) is 54.8 Å². The van der Waals surface area contributed by atoms with Crippen molar-refractivity contribution in [3.63, 3.8) is 0 Å². The fraction of sp³-hybridized carbons (Fsp3) is 0.219. The lowest BCUT2D eigenvalue weighted by Gasteiger charge is -2.34. The molecule has 0 spiro atoms. The summed E-state index contributed by atoms with van der Waals surface area (Å²) >= 11 is 0. The van der Waals surface area contributed by atoms with E-state index in [-0.39, 0.29) is 30.4 Å². The molecule has 1 aliphatic rings. The average molecular weight is 598 g/mol. The van der Waals surface area contributed by atoms with Crippen molar-refractivity contribution in [2.24, 2.45) is 0 Å². The van der Waals surface area contributed by atoms with Crippen molar-refractivity contribution < 1.29 is 22.7 Å². The van der Waals surface area contributed by atoms with Crippen LogP contribution in [0.3, 0.4) is 0 Å². The molecule has 0 bridgehead atoms. The largest absolute Gasteiger partial charge is 0.445 e. The van der Waals surface area contributed by atoms with E-state index >= 15 is 0 Å². The number of amides is 1. The molecule has 1 amide bonds. The quantitative estimate of drug-likeness (QED) is 0.228. The Kier molecular flexibility index (Phi) is 8.63. The molecule has 1 N–H and O–H groups in total. The zero-order valence-corrected chi connectivity index (χ0v) is 23.5. The molecule has 3 aromatic carbocycles. The normalized spacial score (nSPS) is 14.4. The Balaban J connectivity index is 1.41. The number of nitriles is 2. The number of nitrogens with zero attached hydrogens (tertiary/aromatic N) is 6. The highest BCUT2D eigenvalue weighted by Crippen LogP contribution is 2.43. The number of nitrogens with one attached hydrogen (secondary N) is 1. The molecule has 12 heteroatoms. The number of carbonyl (C=O) groups is 1. The van der Waals surface area contributed by atoms with Crippen molar-refractivity contribution in [2.75, 3.05) is 11.4 Å². The molecule has 222 valence electrons. The highest BCUT2D eigenvalue weighted by atomic mass is 19.4. The maximum Gasteiger partial charge on any atom is 0.416 e. The standard InChI is InChI=1S/C32H26F3N7O2/c1-21-27(19-37)29(24-14-12-22(18-36)13-15-24)42-30(41(21)26-10-5-9-25(17-26)32(33,34)35)39-28(40-42)11-6-16-38-31(43)44-20-23-7-3-2-4-8-23/h2-5,7-10,12-15,17,29H,6,11,16,20H2,1H3,(H,38,43)/t29-/m1/s1. The van der Waals surface area contributed by atoms with Crippen molar-refractivity contribution in [3.8, 4) is 12.1 Å². The number of anilines is 2. The summed E-state index contributed by atoms with van der Waals surface area (Å²) in [5.74, 6) is 0.613. The molecule has 1 aromatic heterocycles. The number of hydrogen-bond donors (Lipinski definition) is 1. The van der Waals surface area contributed by atoms with Crippen molar-refractivity contribution >= 4 is 17.7 Å². The second-order valence-corrected chi connectivity index (χ2v) is 10.00. The van der Waals surface area contributed by atoms with Crippen LogP contribution in [0.2, 0.25) is 0 Å². The molecule has 0 radical (unpaired) electrons. The third-order valence-corrected chi connectivity index (χ3v) is 7.07. The predicted octanol–water partition coefficient (Wildman–Crippen LogP) is 6.57. The van der Waals surface area contributed by atoms with E-state index < -0.39 is 23.9 Å². The predicted molar refractivity (Wildman–Crippen MR) is 154 cm³/mol. The lowest BCUT2D eigenvalue weighted by Crippen LogP contribution is -2.31. The fourth-order valence-electron chi connectivity index (χ4n) is 4.91. The molecule has 44 heavy (non-hydrogen) atoms. The van der Waals surface area contributed by atoms with Gasteiger partial charge in [0.1, 0.15) is 12.6 Å². The summed E-state index contributed by atoms with van der Waals surface area (Å²) in [5.41, 5.74) is 1.94. The number of alkyl halides is 3. The van der Waals surface area contributed by atoms with Crippen LogP contribution in [0.1, 0.15) is 47.5 Å². The van der Waals surface area contributed by atoms with Crippen molar-refractivity contribution in [1.29, 1.82) is 10.5 Å². The molecule has 1 aliphatic heterocycles. The highest BCUT2D eigenvalue weighted by Gasteiger charge is 2.37. The molecule has 9 nitrogen and oxygen atoms in total. The second-order valence-electron chi connectivity index (χ2n) is 10.00. The minimum Gasteiger partial charge on any atom is -0.445 e. The first-order chi connectivity index (χ1) is 21.2. The van der Waals surface area contributed by atoms with Crippen molar-refractivity contribution in [1.82, 2.24) is 20.1 Å². The van der Waals surface area contributed by atoms with E-state index in [1.807, 2.05) is 30.3 Å². The first-order valence-electron chi connectivity index (χ1n) is 13.7. The summed E-state index contributed by atoms with van der Waals surface area (Å²) in [6.07, 6.45) is -4.36. The molecule has 0 saturated heterocycles. The molecule has 4 aromatic rings. The van der Waals surface area contributed by atoms with Gasteiger partial charge in [-0.15, -0.1) is 0 Å². The van der Waals surface area contributed by atoms with Gasteiger partial charge in [-0.25, -0.2) is 9.48 Å². The zero-order chi connectivity index (χ0) is 31.3. The Bertz CT molecular complexity index is 1770. The summed E-state index contributed by atoms with van der Waals surface area (Å²) in [6, 6.07) is 24.3. The highest BCUT2D eigenvalue weighted by molar-refractivity contribution is 5.69. The molecule has 0 unspecified atom stereocenters. The van der Waals surface area contributed by atoms with Gasteiger partial charge >= 0.3 is 12.3 Å². The average Bonchev–Trinajstić information content (AvgIpc) is 3.45. The summed E-state index contributed by atoms with van der Waals surface area (Å²) in [4.78, 5) is 18.3. The minimum atomic E-state index is -4.57. The number of carbonyl (C=O) groups excluding carboxylic acids is 1. The number of aromatic nitrogens is 3. The third kappa shape index (κ3) is 6.40. The van der Waals surface area contributed by atoms with Gasteiger partial charge in [0.25, 0.3) is 0 Å². The monoisotopic (exact) mass is 597 g/mol. The SMILES string of the molecule is CC1=C(C#N)[C@@H](c2ccc(C#N)cc2)n2nc(CCCNC(=O)OCc3ccccc3)nc2N1c1cccc(C(F)(F)F)c1. The zero-order valence-electron chi connectivity index (χ0n) is 23.5. The molecule has 5 rings (SSSR count). The Morgan fingerprint density at radius 2 is 1.77 bits per heavy atom. The van der Waals surface area contributed by atoms with Crippen LogP contribution in [0.4, 0.5) is 29.6 Å². The van der Waals surface area contributed by atoms with Crippen LogP contribution in [0.25, 0.3) is 0 Å². The maximum absolute atomic E-state index is 13.6. The van der Waals surface area contributed by atoms with Gasteiger partial charge in [-0.3, -0.25) is 4.90 Å². The second kappa shape index (κ2) is 12.7. The maximum atomic E-state index is 13.6. The van der Waals surface area contributed by atoms with Crippen LogP contribution < -0.4 is 10.2 Å². The van der Waals surface area contributed by atoms with Gasteiger partial charge in [0, 0.05) is 24.4 Å². The summed E-state index contributed by atoms with van der Waals surface area (Å²) in [7, 11) is 0. The molecule has 0 saturated carbocycles. The molecule has 2 heterocycles. The van der Waals surface area contributed by atoms with E-state index in [0.717, 1.165) is 17.7 Å². The molecule has 0 aliphatic carbocycles. The van der Waals surface area contributed by atoms with Gasteiger partial charge in [0.2, 0.25) is 5.95 Å². The number of fused-ring (bicyclic) bond motifs is 1. The van der Waals surface area contributed by atoms with Crippen LogP contribution in [0, 0.1) is 22.7 Å². The number of aryl methyl sites for hydroxylation is 1. The smallest absolute Gasteiger partial charge is 0.416 e. The lowest BCUT2D eigenvalue weighted by molar-refractivity contribution is -0.137. The van der Waals surface area contributed by atoms with Gasteiger partial charge in [0.15, 0.2) is 5.82 Å². The fourth-order valence-corrected chi connectivity index (χ4v) is 4.91. The van der Waals surface area contributed by atoms with E-state index in [4.69, 9.17) is 4.74 Å². The van der Waals surface area contributed by atoms with Gasteiger partial charge in [0.05, 0.1) is 28.8 Å². The van der Waals surface area contributed by atoms with Crippen LogP contribution in [-0.4, -0.2) is 27.4 Å². The van der Waals surface area contributed by atoms with E-state index in [9.17, 15) is 28.5 Å². The van der Waals surface area contributed by atoms with Gasteiger partial charge in [-0.2, -0.15) is 33.8 Å². The number of benzene rings is 3. The number of allylic oxidation sites excluding steroid dienone is 2. The van der Waals surface area contributed by atoms with E-state index in [1.165, 1.54) is 21.7 Å². The van der Waals surface area contributed by atoms with Gasteiger partial charge < -0.3 is 10.1 Å². The Morgan fingerprint density at radius 3 is 2.45 bits per heavy atom. The van der Waals surface area contributed by atoms with Crippen molar-refractivity contribution in [3.05, 3.63) is 118 Å². The van der Waals surface area contributed by atoms with Crippen LogP contribution in [0.15, 0.2) is 90.1 Å².